The second-order valence-electron chi connectivity index (χ2n) is 5.84. The van der Waals surface area contributed by atoms with Gasteiger partial charge in [-0.25, -0.2) is 4.90 Å². The average Bonchev–Trinajstić information content (AvgIpc) is 2.84. The lowest BCUT2D eigenvalue weighted by Gasteiger charge is -2.21. The van der Waals surface area contributed by atoms with Crippen LogP contribution in [0.3, 0.4) is 0 Å². The van der Waals surface area contributed by atoms with Gasteiger partial charge in [-0.2, -0.15) is 15.0 Å². The average molecular weight is 392 g/mol. The maximum absolute atomic E-state index is 12.8. The second kappa shape index (κ2) is 7.08. The van der Waals surface area contributed by atoms with Crippen LogP contribution >= 0.6 is 23.4 Å². The smallest absolute Gasteiger partial charge is 0.256 e. The summed E-state index contributed by atoms with van der Waals surface area (Å²) in [7, 11) is 3.65. The van der Waals surface area contributed by atoms with E-state index in [4.69, 9.17) is 17.0 Å². The number of amides is 1. The van der Waals surface area contributed by atoms with Crippen LogP contribution in [0.4, 0.5) is 17.6 Å². The van der Waals surface area contributed by atoms with E-state index in [9.17, 15) is 4.79 Å². The van der Waals surface area contributed by atoms with E-state index in [1.54, 1.807) is 36.1 Å². The summed E-state index contributed by atoms with van der Waals surface area (Å²) in [6, 6.07) is 6.17. The lowest BCUT2D eigenvalue weighted by atomic mass is 10.2. The molecule has 1 unspecified atom stereocenters. The third-order valence-corrected chi connectivity index (χ3v) is 4.68. The Hall–Kier alpha value is -2.39. The quantitative estimate of drug-likeness (QED) is 0.801. The highest BCUT2D eigenvalue weighted by atomic mass is 35.5. The van der Waals surface area contributed by atoms with Gasteiger partial charge in [0.1, 0.15) is 6.04 Å². The number of nitrogens with one attached hydrogen (secondary N) is 1. The molecule has 0 saturated carbocycles. The first-order valence-corrected chi connectivity index (χ1v) is 9.38. The Bertz CT molecular complexity index is 858. The Kier molecular flexibility index (Phi) is 5.01. The lowest BCUT2D eigenvalue weighted by Crippen LogP contribution is -2.36. The largest absolute Gasteiger partial charge is 0.347 e. The van der Waals surface area contributed by atoms with Gasteiger partial charge >= 0.3 is 0 Å². The number of anilines is 3. The summed E-state index contributed by atoms with van der Waals surface area (Å²) in [4.78, 5) is 30.5. The van der Waals surface area contributed by atoms with Gasteiger partial charge in [-0.1, -0.05) is 23.4 Å². The predicted octanol–water partition coefficient (Wildman–Crippen LogP) is 2.49. The number of halogens is 1. The minimum absolute atomic E-state index is 0.00668. The molecule has 0 spiro atoms. The summed E-state index contributed by atoms with van der Waals surface area (Å²) in [6.45, 7) is 1.73. The summed E-state index contributed by atoms with van der Waals surface area (Å²) in [5.74, 6) is 0.509. The van der Waals surface area contributed by atoms with Gasteiger partial charge in [0.05, 0.1) is 5.69 Å². The molecule has 1 saturated heterocycles. The molecule has 0 bridgehead atoms. The van der Waals surface area contributed by atoms with Crippen LogP contribution in [-0.2, 0) is 4.79 Å². The number of hydrogen-bond donors (Lipinski definition) is 1. The van der Waals surface area contributed by atoms with E-state index in [0.717, 1.165) is 0 Å². The topological polar surface area (TPSA) is 89.3 Å². The van der Waals surface area contributed by atoms with Gasteiger partial charge in [-0.15, -0.1) is 0 Å². The molecule has 1 aliphatic rings. The zero-order chi connectivity index (χ0) is 19.0. The monoisotopic (exact) mass is 391 g/mol. The minimum Gasteiger partial charge on any atom is -0.347 e. The van der Waals surface area contributed by atoms with Crippen LogP contribution in [0.15, 0.2) is 29.4 Å². The van der Waals surface area contributed by atoms with Gasteiger partial charge in [0.15, 0.2) is 5.16 Å². The molecular weight excluding hydrogens is 374 g/mol. The first kappa shape index (κ1) is 18.4. The third kappa shape index (κ3) is 3.19. The lowest BCUT2D eigenvalue weighted by molar-refractivity contribution is -0.117. The molecule has 10 heteroatoms. The Morgan fingerprint density at radius 1 is 1.19 bits per heavy atom. The van der Waals surface area contributed by atoms with Crippen molar-refractivity contribution < 1.29 is 4.79 Å². The van der Waals surface area contributed by atoms with Crippen LogP contribution in [0.5, 0.6) is 0 Å². The van der Waals surface area contributed by atoms with Crippen molar-refractivity contribution in [1.82, 2.24) is 15.0 Å². The van der Waals surface area contributed by atoms with Crippen molar-refractivity contribution in [1.29, 1.82) is 5.41 Å². The highest BCUT2D eigenvalue weighted by molar-refractivity contribution is 7.98. The van der Waals surface area contributed by atoms with Crippen molar-refractivity contribution in [3.63, 3.8) is 0 Å². The minimum atomic E-state index is -0.606. The van der Waals surface area contributed by atoms with E-state index in [1.165, 1.54) is 21.6 Å². The molecule has 1 atom stereocenters. The van der Waals surface area contributed by atoms with Crippen LogP contribution in [0.25, 0.3) is 0 Å². The molecule has 26 heavy (non-hydrogen) atoms. The Morgan fingerprint density at radius 3 is 2.42 bits per heavy atom. The first-order chi connectivity index (χ1) is 12.3. The Morgan fingerprint density at radius 2 is 1.85 bits per heavy atom. The summed E-state index contributed by atoms with van der Waals surface area (Å²) < 4.78 is 0. The van der Waals surface area contributed by atoms with Gasteiger partial charge in [-0.05, 0) is 37.4 Å². The molecule has 3 rings (SSSR count). The molecule has 136 valence electrons. The molecule has 1 N–H and O–H groups in total. The van der Waals surface area contributed by atoms with Crippen LogP contribution in [0, 0.1) is 5.41 Å². The molecule has 0 radical (unpaired) electrons. The van der Waals surface area contributed by atoms with Crippen molar-refractivity contribution in [2.24, 2.45) is 0 Å². The number of thioether (sulfide) groups is 1. The van der Waals surface area contributed by atoms with Crippen LogP contribution in [0.2, 0.25) is 5.02 Å². The maximum atomic E-state index is 12.8. The van der Waals surface area contributed by atoms with E-state index in [0.29, 0.717) is 21.8 Å². The molecule has 1 aromatic heterocycles. The molecule has 1 aliphatic heterocycles. The van der Waals surface area contributed by atoms with Crippen molar-refractivity contribution in [3.8, 4) is 0 Å². The van der Waals surface area contributed by atoms with Crippen molar-refractivity contribution in [2.45, 2.75) is 18.1 Å². The van der Waals surface area contributed by atoms with E-state index in [-0.39, 0.29) is 17.8 Å². The fraction of sp³-hybridized carbons (Fsp3) is 0.312. The second-order valence-corrected chi connectivity index (χ2v) is 7.05. The molecule has 1 aromatic carbocycles. The molecule has 2 heterocycles. The molecule has 8 nitrogen and oxygen atoms in total. The highest BCUT2D eigenvalue weighted by Gasteiger charge is 2.43. The Balaban J connectivity index is 2.03. The molecule has 1 amide bonds. The summed E-state index contributed by atoms with van der Waals surface area (Å²) in [5.41, 5.74) is 0.575. The summed E-state index contributed by atoms with van der Waals surface area (Å²) in [6.07, 6.45) is 1.86. The number of hydrogen-bond acceptors (Lipinski definition) is 7. The number of rotatable bonds is 4. The van der Waals surface area contributed by atoms with Crippen LogP contribution in [0.1, 0.15) is 6.92 Å². The number of benzene rings is 1. The SMILES string of the molecule is CSc1nc(N(C)C)nc(N2C(=N)N(c3ccc(Cl)cc3)C(=O)C2C)n1. The van der Waals surface area contributed by atoms with Gasteiger partial charge in [0.2, 0.25) is 17.9 Å². The zero-order valence-electron chi connectivity index (χ0n) is 14.8. The fourth-order valence-corrected chi connectivity index (χ4v) is 3.01. The molecule has 0 aliphatic carbocycles. The van der Waals surface area contributed by atoms with Crippen LogP contribution < -0.4 is 14.7 Å². The molecule has 1 fully saturated rings. The number of guanidine groups is 1. The van der Waals surface area contributed by atoms with E-state index < -0.39 is 6.04 Å². The zero-order valence-corrected chi connectivity index (χ0v) is 16.3. The van der Waals surface area contributed by atoms with Crippen molar-refractivity contribution in [2.75, 3.05) is 35.1 Å². The molecule has 2 aromatic rings. The predicted molar refractivity (Wildman–Crippen MR) is 105 cm³/mol. The van der Waals surface area contributed by atoms with Gasteiger partial charge in [0.25, 0.3) is 5.91 Å². The normalized spacial score (nSPS) is 17.2. The van der Waals surface area contributed by atoms with Crippen molar-refractivity contribution >= 4 is 52.8 Å². The number of nitrogens with zero attached hydrogens (tertiary/aromatic N) is 6. The van der Waals surface area contributed by atoms with E-state index in [1.807, 2.05) is 20.4 Å². The van der Waals surface area contributed by atoms with Gasteiger partial charge in [-0.3, -0.25) is 15.1 Å². The van der Waals surface area contributed by atoms with Crippen LogP contribution in [-0.4, -0.2) is 53.2 Å². The first-order valence-electron chi connectivity index (χ1n) is 7.78. The Labute approximate surface area is 160 Å². The standard InChI is InChI=1S/C16H18ClN7OS/c1-9-12(25)24(11-7-5-10(17)6-8-11)13(18)23(9)15-19-14(22(2)3)20-16(21-15)26-4/h5-9,18H,1-4H3. The fourth-order valence-electron chi connectivity index (χ4n) is 2.53. The van der Waals surface area contributed by atoms with E-state index in [2.05, 4.69) is 15.0 Å². The van der Waals surface area contributed by atoms with Crippen molar-refractivity contribution in [3.05, 3.63) is 29.3 Å². The maximum Gasteiger partial charge on any atom is 0.256 e. The molecular formula is C16H18ClN7OS. The summed E-state index contributed by atoms with van der Waals surface area (Å²) >= 11 is 7.30. The number of aromatic nitrogens is 3. The number of carbonyl (C=O) groups is 1. The van der Waals surface area contributed by atoms with E-state index >= 15 is 0 Å². The van der Waals surface area contributed by atoms with Gasteiger partial charge < -0.3 is 4.90 Å². The summed E-state index contributed by atoms with van der Waals surface area (Å²) in [5, 5.41) is 9.62. The third-order valence-electron chi connectivity index (χ3n) is 3.88. The highest BCUT2D eigenvalue weighted by Crippen LogP contribution is 2.29. The number of carbonyl (C=O) groups excluding carboxylic acids is 1. The van der Waals surface area contributed by atoms with Gasteiger partial charge in [0, 0.05) is 19.1 Å².